The molecule has 2 aliphatic rings. The molecule has 1 aromatic carbocycles. The zero-order valence-corrected chi connectivity index (χ0v) is 20.5. The summed E-state index contributed by atoms with van der Waals surface area (Å²) in [6, 6.07) is 5.11. The van der Waals surface area contributed by atoms with Crippen LogP contribution in [-0.4, -0.2) is 55.7 Å². The average molecular weight is 505 g/mol. The molecule has 1 aliphatic heterocycles. The maximum Gasteiger partial charge on any atom is 0.343 e. The Labute approximate surface area is 200 Å². The summed E-state index contributed by atoms with van der Waals surface area (Å²) < 4.78 is 39.6. The van der Waals surface area contributed by atoms with Crippen LogP contribution in [0.25, 0.3) is 21.3 Å². The van der Waals surface area contributed by atoms with Crippen molar-refractivity contribution in [3.8, 4) is 16.2 Å². The predicted molar refractivity (Wildman–Crippen MR) is 127 cm³/mol. The molecule has 0 amide bonds. The van der Waals surface area contributed by atoms with Crippen LogP contribution >= 0.6 is 11.3 Å². The summed E-state index contributed by atoms with van der Waals surface area (Å²) in [7, 11) is -0.768. The van der Waals surface area contributed by atoms with Crippen molar-refractivity contribution in [3.63, 3.8) is 0 Å². The van der Waals surface area contributed by atoms with Crippen LogP contribution in [0.5, 0.6) is 5.75 Å². The molecule has 3 heterocycles. The zero-order valence-electron chi connectivity index (χ0n) is 18.9. The van der Waals surface area contributed by atoms with E-state index in [9.17, 15) is 23.1 Å². The molecule has 1 N–H and O–H groups in total. The summed E-state index contributed by atoms with van der Waals surface area (Å²) in [4.78, 5) is 26.2. The molecule has 34 heavy (non-hydrogen) atoms. The van der Waals surface area contributed by atoms with Crippen LogP contribution in [0.3, 0.4) is 0 Å². The van der Waals surface area contributed by atoms with Crippen LogP contribution < -0.4 is 10.2 Å². The summed E-state index contributed by atoms with van der Waals surface area (Å²) >= 11 is 1.06. The van der Waals surface area contributed by atoms with Crippen LogP contribution in [-0.2, 0) is 14.8 Å². The summed E-state index contributed by atoms with van der Waals surface area (Å²) in [5.41, 5.74) is 1.04. The zero-order chi connectivity index (χ0) is 24.4. The lowest BCUT2D eigenvalue weighted by Gasteiger charge is -2.25. The third-order valence-electron chi connectivity index (χ3n) is 6.21. The molecule has 0 spiro atoms. The van der Waals surface area contributed by atoms with Crippen LogP contribution in [0.1, 0.15) is 47.8 Å². The number of carbonyl (C=O) groups excluding carboxylic acids is 1. The number of hydrogen-bond donors (Lipinski definition) is 1. The third kappa shape index (κ3) is 3.46. The van der Waals surface area contributed by atoms with Crippen LogP contribution in [0.15, 0.2) is 33.4 Å². The Hall–Kier alpha value is -2.73. The summed E-state index contributed by atoms with van der Waals surface area (Å²) in [6.45, 7) is 1.83. The minimum atomic E-state index is -3.70. The number of β-amino-alcohol motifs (C(OH)–C–C–N with tert-alkyl or cyclic N) is 1. The Morgan fingerprint density at radius 2 is 2.03 bits per heavy atom. The Balaban J connectivity index is 1.76. The molecule has 1 fully saturated rings. The number of rotatable bonds is 5. The normalized spacial score (nSPS) is 19.7. The smallest absolute Gasteiger partial charge is 0.343 e. The number of nitrogens with zero attached hydrogens (tertiary/aromatic N) is 2. The highest BCUT2D eigenvalue weighted by Gasteiger charge is 2.37. The van der Waals surface area contributed by atoms with Gasteiger partial charge in [0.1, 0.15) is 9.77 Å². The second kappa shape index (κ2) is 8.19. The average Bonchev–Trinajstić information content (AvgIpc) is 3.54. The van der Waals surface area contributed by atoms with E-state index in [0.29, 0.717) is 32.7 Å². The quantitative estimate of drug-likeness (QED) is 0.531. The van der Waals surface area contributed by atoms with Crippen molar-refractivity contribution in [2.24, 2.45) is 0 Å². The number of pyridine rings is 1. The highest BCUT2D eigenvalue weighted by molar-refractivity contribution is 7.91. The minimum Gasteiger partial charge on any atom is -0.494 e. The van der Waals surface area contributed by atoms with Crippen molar-refractivity contribution in [1.29, 1.82) is 0 Å². The summed E-state index contributed by atoms with van der Waals surface area (Å²) in [5.74, 6) is -0.253. The molecule has 9 nitrogen and oxygen atoms in total. The second-order valence-corrected chi connectivity index (χ2v) is 11.7. The molecule has 1 atom stereocenters. The predicted octanol–water partition coefficient (Wildman–Crippen LogP) is 2.92. The maximum absolute atomic E-state index is 13.2. The Morgan fingerprint density at radius 1 is 1.29 bits per heavy atom. The van der Waals surface area contributed by atoms with Crippen LogP contribution in [0, 0.1) is 0 Å². The molecule has 0 saturated heterocycles. The number of methoxy groups -OCH3 is 1. The molecule has 5 rings (SSSR count). The molecule has 1 aliphatic carbocycles. The molecule has 180 valence electrons. The molecule has 0 radical (unpaired) electrons. The first-order chi connectivity index (χ1) is 16.2. The molecule has 1 saturated carbocycles. The highest BCUT2D eigenvalue weighted by Crippen LogP contribution is 2.47. The van der Waals surface area contributed by atoms with Crippen molar-refractivity contribution in [2.45, 2.75) is 36.1 Å². The Morgan fingerprint density at radius 3 is 2.68 bits per heavy atom. The summed E-state index contributed by atoms with van der Waals surface area (Å²) in [6.07, 6.45) is 2.40. The van der Waals surface area contributed by atoms with E-state index in [1.54, 1.807) is 25.1 Å². The molecule has 0 bridgehead atoms. The molecule has 2 aromatic heterocycles. The molecule has 11 heteroatoms. The number of aliphatic hydroxyl groups excluding tert-OH is 1. The van der Waals surface area contributed by atoms with E-state index in [1.807, 2.05) is 4.57 Å². The first-order valence-corrected chi connectivity index (χ1v) is 13.2. The summed E-state index contributed by atoms with van der Waals surface area (Å²) in [5, 5.41) is 10.8. The standard InChI is InChI=1S/C23H24N2O7S2/c1-4-32-22(28)16-10-25(12-5-6-12)19-14(20(16)27)8-7-13(21(19)31-3)18-9-15-17(26)11-24(2)34(29,30)23(15)33-18/h7-10,12,17,26H,4-6,11H2,1-3H3. The Kier molecular flexibility index (Phi) is 5.55. The van der Waals surface area contributed by atoms with Crippen molar-refractivity contribution in [3.05, 3.63) is 45.7 Å². The van der Waals surface area contributed by atoms with Gasteiger partial charge in [-0.2, -0.15) is 4.31 Å². The topological polar surface area (TPSA) is 115 Å². The number of aliphatic hydroxyl groups is 1. The third-order valence-corrected chi connectivity index (χ3v) is 9.75. The number of hydrogen-bond acceptors (Lipinski definition) is 8. The van der Waals surface area contributed by atoms with Gasteiger partial charge in [-0.1, -0.05) is 0 Å². The number of esters is 1. The minimum absolute atomic E-state index is 0.0157. The van der Waals surface area contributed by atoms with E-state index < -0.39 is 27.5 Å². The van der Waals surface area contributed by atoms with Crippen molar-refractivity contribution in [2.75, 3.05) is 27.3 Å². The first-order valence-electron chi connectivity index (χ1n) is 10.9. The molecular formula is C23H24N2O7S2. The fourth-order valence-corrected chi connectivity index (χ4v) is 7.50. The van der Waals surface area contributed by atoms with Crippen molar-refractivity contribution < 1.29 is 27.8 Å². The van der Waals surface area contributed by atoms with Gasteiger partial charge in [0, 0.05) is 41.8 Å². The van der Waals surface area contributed by atoms with E-state index in [4.69, 9.17) is 9.47 Å². The van der Waals surface area contributed by atoms with Gasteiger partial charge in [-0.3, -0.25) is 4.79 Å². The molecule has 1 unspecified atom stereocenters. The van der Waals surface area contributed by atoms with Crippen molar-refractivity contribution >= 4 is 38.2 Å². The number of benzene rings is 1. The van der Waals surface area contributed by atoms with Gasteiger partial charge in [0.25, 0.3) is 10.0 Å². The van der Waals surface area contributed by atoms with E-state index in [0.717, 1.165) is 28.5 Å². The van der Waals surface area contributed by atoms with Gasteiger partial charge in [0.15, 0.2) is 5.75 Å². The second-order valence-electron chi connectivity index (χ2n) is 8.43. The van der Waals surface area contributed by atoms with Gasteiger partial charge in [-0.15, -0.1) is 11.3 Å². The fraction of sp³-hybridized carbons (Fsp3) is 0.391. The largest absolute Gasteiger partial charge is 0.494 e. The van der Waals surface area contributed by atoms with Crippen LogP contribution in [0.4, 0.5) is 0 Å². The van der Waals surface area contributed by atoms with Gasteiger partial charge in [-0.25, -0.2) is 13.2 Å². The molecule has 3 aromatic rings. The van der Waals surface area contributed by atoms with Crippen LogP contribution in [0.2, 0.25) is 0 Å². The number of carbonyl (C=O) groups is 1. The number of aromatic nitrogens is 1. The Bertz CT molecular complexity index is 1490. The van der Waals surface area contributed by atoms with Gasteiger partial charge in [0.2, 0.25) is 5.43 Å². The van der Waals surface area contributed by atoms with Crippen molar-refractivity contribution in [1.82, 2.24) is 8.87 Å². The van der Waals surface area contributed by atoms with Gasteiger partial charge in [0.05, 0.1) is 30.7 Å². The molecular weight excluding hydrogens is 480 g/mol. The lowest BCUT2D eigenvalue weighted by Crippen LogP contribution is -2.35. The SMILES string of the molecule is CCOC(=O)c1cn(C2CC2)c2c(OC)c(-c3cc4c(s3)S(=O)(=O)N(C)CC4O)ccc2c1=O. The number of fused-ring (bicyclic) bond motifs is 2. The van der Waals surface area contributed by atoms with E-state index in [-0.39, 0.29) is 29.0 Å². The fourth-order valence-electron chi connectivity index (χ4n) is 4.35. The lowest BCUT2D eigenvalue weighted by molar-refractivity contribution is 0.0524. The number of likely N-dealkylation sites (N-methyl/N-ethyl adjacent to an activating group) is 1. The van der Waals surface area contributed by atoms with Gasteiger partial charge >= 0.3 is 5.97 Å². The monoisotopic (exact) mass is 504 g/mol. The lowest BCUT2D eigenvalue weighted by atomic mass is 10.0. The first kappa shape index (κ1) is 23.0. The van der Waals surface area contributed by atoms with E-state index in [2.05, 4.69) is 0 Å². The number of ether oxygens (including phenoxy) is 2. The van der Waals surface area contributed by atoms with E-state index in [1.165, 1.54) is 20.4 Å². The van der Waals surface area contributed by atoms with Gasteiger partial charge < -0.3 is 19.1 Å². The highest BCUT2D eigenvalue weighted by atomic mass is 32.2. The number of sulfonamides is 1. The number of thiophene rings is 1. The maximum atomic E-state index is 13.2. The van der Waals surface area contributed by atoms with E-state index >= 15 is 0 Å². The van der Waals surface area contributed by atoms with Gasteiger partial charge in [-0.05, 0) is 38.0 Å².